The lowest BCUT2D eigenvalue weighted by molar-refractivity contribution is -0.141. The van der Waals surface area contributed by atoms with Gasteiger partial charge in [-0.05, 0) is 29.2 Å². The third kappa shape index (κ3) is 4.37. The first-order valence-corrected chi connectivity index (χ1v) is 8.81. The zero-order chi connectivity index (χ0) is 17.6. The fourth-order valence-electron chi connectivity index (χ4n) is 3.30. The van der Waals surface area contributed by atoms with Crippen molar-refractivity contribution in [3.05, 3.63) is 48.0 Å². The van der Waals surface area contributed by atoms with Gasteiger partial charge in [-0.3, -0.25) is 9.59 Å². The molecule has 1 heterocycles. The number of amides is 2. The lowest BCUT2D eigenvalue weighted by Gasteiger charge is -2.34. The molecule has 1 saturated heterocycles. The quantitative estimate of drug-likeness (QED) is 0.903. The molecule has 1 fully saturated rings. The maximum Gasteiger partial charge on any atom is 0.248 e. The monoisotopic (exact) mass is 340 g/mol. The molecule has 0 spiro atoms. The molecule has 0 aromatic heterocycles. The van der Waals surface area contributed by atoms with E-state index in [-0.39, 0.29) is 11.8 Å². The highest BCUT2D eigenvalue weighted by Gasteiger charge is 2.23. The Kier molecular flexibility index (Phi) is 5.66. The van der Waals surface area contributed by atoms with Gasteiger partial charge in [-0.15, -0.1) is 0 Å². The van der Waals surface area contributed by atoms with E-state index in [2.05, 4.69) is 30.3 Å². The third-order valence-electron chi connectivity index (χ3n) is 4.79. The Labute approximate surface area is 147 Å². The smallest absolute Gasteiger partial charge is 0.248 e. The van der Waals surface area contributed by atoms with Crippen molar-refractivity contribution in [2.75, 3.05) is 32.8 Å². The molecule has 0 radical (unpaired) electrons. The van der Waals surface area contributed by atoms with Crippen LogP contribution in [0.2, 0.25) is 0 Å². The SMILES string of the molecule is O=C(CO)N1CCN(C(=O)CCCc2ccc3ccccc3c2)CC1. The number of piperazine rings is 1. The van der Waals surface area contributed by atoms with Gasteiger partial charge in [0.25, 0.3) is 0 Å². The Hall–Kier alpha value is -2.40. The highest BCUT2D eigenvalue weighted by atomic mass is 16.3. The molecule has 1 N–H and O–H groups in total. The van der Waals surface area contributed by atoms with E-state index in [1.807, 2.05) is 17.0 Å². The number of nitrogens with zero attached hydrogens (tertiary/aromatic N) is 2. The highest BCUT2D eigenvalue weighted by molar-refractivity contribution is 5.83. The molecular formula is C20H24N2O3. The van der Waals surface area contributed by atoms with Crippen LogP contribution >= 0.6 is 0 Å². The molecule has 0 bridgehead atoms. The van der Waals surface area contributed by atoms with Gasteiger partial charge in [-0.2, -0.15) is 0 Å². The summed E-state index contributed by atoms with van der Waals surface area (Å²) in [6.45, 7) is 1.67. The Morgan fingerprint density at radius 1 is 0.880 bits per heavy atom. The molecule has 5 heteroatoms. The van der Waals surface area contributed by atoms with Crippen LogP contribution in [0.5, 0.6) is 0 Å². The van der Waals surface area contributed by atoms with Crippen LogP contribution in [0.25, 0.3) is 10.8 Å². The van der Waals surface area contributed by atoms with E-state index < -0.39 is 6.61 Å². The minimum Gasteiger partial charge on any atom is -0.387 e. The highest BCUT2D eigenvalue weighted by Crippen LogP contribution is 2.17. The summed E-state index contributed by atoms with van der Waals surface area (Å²) >= 11 is 0. The lowest BCUT2D eigenvalue weighted by Crippen LogP contribution is -2.51. The van der Waals surface area contributed by atoms with Crippen molar-refractivity contribution < 1.29 is 14.7 Å². The fraction of sp³-hybridized carbons (Fsp3) is 0.400. The van der Waals surface area contributed by atoms with Gasteiger partial charge in [-0.25, -0.2) is 0 Å². The van der Waals surface area contributed by atoms with Crippen LogP contribution < -0.4 is 0 Å². The van der Waals surface area contributed by atoms with Crippen LogP contribution in [-0.4, -0.2) is 59.5 Å². The van der Waals surface area contributed by atoms with Crippen molar-refractivity contribution in [1.29, 1.82) is 0 Å². The molecule has 5 nitrogen and oxygen atoms in total. The molecular weight excluding hydrogens is 316 g/mol. The Morgan fingerprint density at radius 2 is 1.52 bits per heavy atom. The van der Waals surface area contributed by atoms with Gasteiger partial charge in [0.2, 0.25) is 11.8 Å². The van der Waals surface area contributed by atoms with E-state index in [1.54, 1.807) is 4.90 Å². The van der Waals surface area contributed by atoms with Gasteiger partial charge in [0.1, 0.15) is 6.61 Å². The van der Waals surface area contributed by atoms with Crippen LogP contribution in [0.1, 0.15) is 18.4 Å². The maximum absolute atomic E-state index is 12.3. The first kappa shape index (κ1) is 17.4. The molecule has 2 aromatic rings. The van der Waals surface area contributed by atoms with Crippen LogP contribution in [0, 0.1) is 0 Å². The van der Waals surface area contributed by atoms with Crippen molar-refractivity contribution in [3.8, 4) is 0 Å². The van der Waals surface area contributed by atoms with Crippen LogP contribution in [0.4, 0.5) is 0 Å². The maximum atomic E-state index is 12.3. The second-order valence-electron chi connectivity index (χ2n) is 6.45. The van der Waals surface area contributed by atoms with Gasteiger partial charge in [0, 0.05) is 32.6 Å². The summed E-state index contributed by atoms with van der Waals surface area (Å²) in [6.07, 6.45) is 2.24. The van der Waals surface area contributed by atoms with Crippen LogP contribution in [-0.2, 0) is 16.0 Å². The van der Waals surface area contributed by atoms with E-state index in [4.69, 9.17) is 5.11 Å². The van der Waals surface area contributed by atoms with Crippen molar-refractivity contribution in [2.45, 2.75) is 19.3 Å². The molecule has 0 unspecified atom stereocenters. The largest absolute Gasteiger partial charge is 0.387 e. The zero-order valence-corrected chi connectivity index (χ0v) is 14.4. The lowest BCUT2D eigenvalue weighted by atomic mass is 10.0. The van der Waals surface area contributed by atoms with Crippen molar-refractivity contribution in [3.63, 3.8) is 0 Å². The molecule has 2 amide bonds. The van der Waals surface area contributed by atoms with E-state index in [9.17, 15) is 9.59 Å². The Morgan fingerprint density at radius 3 is 2.20 bits per heavy atom. The third-order valence-corrected chi connectivity index (χ3v) is 4.79. The van der Waals surface area contributed by atoms with Gasteiger partial charge >= 0.3 is 0 Å². The van der Waals surface area contributed by atoms with E-state index in [0.29, 0.717) is 32.6 Å². The average Bonchev–Trinajstić information content (AvgIpc) is 2.67. The molecule has 0 atom stereocenters. The molecule has 1 aliphatic heterocycles. The number of benzene rings is 2. The summed E-state index contributed by atoms with van der Waals surface area (Å²) in [5.41, 5.74) is 1.25. The van der Waals surface area contributed by atoms with Crippen molar-refractivity contribution >= 4 is 22.6 Å². The normalized spacial score (nSPS) is 14.8. The Bertz CT molecular complexity index is 751. The number of carbonyl (C=O) groups excluding carboxylic acids is 2. The molecule has 132 valence electrons. The summed E-state index contributed by atoms with van der Waals surface area (Å²) < 4.78 is 0. The zero-order valence-electron chi connectivity index (χ0n) is 14.4. The van der Waals surface area contributed by atoms with Gasteiger partial charge in [0.05, 0.1) is 0 Å². The summed E-state index contributed by atoms with van der Waals surface area (Å²) in [7, 11) is 0. The number of aliphatic hydroxyl groups is 1. The summed E-state index contributed by atoms with van der Waals surface area (Å²) in [6, 6.07) is 14.7. The number of aryl methyl sites for hydroxylation is 1. The molecule has 2 aromatic carbocycles. The number of fused-ring (bicyclic) bond motifs is 1. The summed E-state index contributed by atoms with van der Waals surface area (Å²) in [5, 5.41) is 11.3. The van der Waals surface area contributed by atoms with Crippen molar-refractivity contribution in [1.82, 2.24) is 9.80 Å². The minimum atomic E-state index is -0.459. The van der Waals surface area contributed by atoms with Crippen molar-refractivity contribution in [2.24, 2.45) is 0 Å². The number of hydrogen-bond acceptors (Lipinski definition) is 3. The predicted molar refractivity (Wildman–Crippen MR) is 97.1 cm³/mol. The second kappa shape index (κ2) is 8.12. The molecule has 25 heavy (non-hydrogen) atoms. The molecule has 3 rings (SSSR count). The molecule has 0 saturated carbocycles. The first-order valence-electron chi connectivity index (χ1n) is 8.81. The van der Waals surface area contributed by atoms with Gasteiger partial charge < -0.3 is 14.9 Å². The topological polar surface area (TPSA) is 60.9 Å². The number of aliphatic hydroxyl groups excluding tert-OH is 1. The molecule has 1 aliphatic rings. The minimum absolute atomic E-state index is 0.150. The van der Waals surface area contributed by atoms with Crippen LogP contribution in [0.3, 0.4) is 0 Å². The van der Waals surface area contributed by atoms with E-state index in [0.717, 1.165) is 12.8 Å². The fourth-order valence-corrected chi connectivity index (χ4v) is 3.30. The number of carbonyl (C=O) groups is 2. The number of hydrogen-bond donors (Lipinski definition) is 1. The number of rotatable bonds is 5. The average molecular weight is 340 g/mol. The summed E-state index contributed by atoms with van der Waals surface area (Å²) in [4.78, 5) is 27.2. The predicted octanol–water partition coefficient (Wildman–Crippen LogP) is 1.83. The molecule has 0 aliphatic carbocycles. The standard InChI is InChI=1S/C20H24N2O3/c23-15-20(25)22-12-10-21(11-13-22)19(24)7-3-4-16-8-9-17-5-1-2-6-18(17)14-16/h1-2,5-6,8-9,14,23H,3-4,7,10-13,15H2. The second-order valence-corrected chi connectivity index (χ2v) is 6.45. The van der Waals surface area contributed by atoms with E-state index in [1.165, 1.54) is 16.3 Å². The van der Waals surface area contributed by atoms with Gasteiger partial charge in [0.15, 0.2) is 0 Å². The van der Waals surface area contributed by atoms with Crippen LogP contribution in [0.15, 0.2) is 42.5 Å². The Balaban J connectivity index is 1.45. The first-order chi connectivity index (χ1) is 12.2. The summed E-state index contributed by atoms with van der Waals surface area (Å²) in [5.74, 6) is -0.111. The van der Waals surface area contributed by atoms with E-state index >= 15 is 0 Å². The van der Waals surface area contributed by atoms with Gasteiger partial charge in [-0.1, -0.05) is 42.5 Å².